The molecule has 17 heavy (non-hydrogen) atoms. The van der Waals surface area contributed by atoms with E-state index in [2.05, 4.69) is 18.8 Å². The van der Waals surface area contributed by atoms with Crippen LogP contribution in [0.1, 0.15) is 62.7 Å². The molecule has 2 rings (SSSR count). The van der Waals surface area contributed by atoms with E-state index in [0.29, 0.717) is 5.92 Å². The van der Waals surface area contributed by atoms with Crippen LogP contribution in [-0.2, 0) is 12.8 Å². The summed E-state index contributed by atoms with van der Waals surface area (Å²) in [6.45, 7) is 4.47. The summed E-state index contributed by atoms with van der Waals surface area (Å²) in [5.74, 6) is 1.70. The Bertz CT molecular complexity index is 374. The van der Waals surface area contributed by atoms with E-state index in [1.54, 1.807) is 0 Å². The Hall–Kier alpha value is -0.960. The van der Waals surface area contributed by atoms with E-state index in [1.807, 2.05) is 6.20 Å². The van der Waals surface area contributed by atoms with Crippen molar-refractivity contribution in [3.05, 3.63) is 23.3 Å². The number of fused-ring (bicyclic) bond motifs is 1. The molecule has 3 heteroatoms. The third-order valence-corrected chi connectivity index (χ3v) is 3.47. The lowest BCUT2D eigenvalue weighted by molar-refractivity contribution is 0.572. The monoisotopic (exact) mass is 233 g/mol. The summed E-state index contributed by atoms with van der Waals surface area (Å²) in [5.41, 5.74) is 8.51. The molecule has 1 heterocycles. The molecular formula is C14H23N3. The van der Waals surface area contributed by atoms with Gasteiger partial charge in [0.25, 0.3) is 0 Å². The molecule has 0 aliphatic heterocycles. The van der Waals surface area contributed by atoms with E-state index < -0.39 is 0 Å². The van der Waals surface area contributed by atoms with Crippen molar-refractivity contribution in [1.29, 1.82) is 0 Å². The maximum absolute atomic E-state index is 6.14. The van der Waals surface area contributed by atoms with Crippen molar-refractivity contribution in [3.8, 4) is 0 Å². The second-order valence-electron chi connectivity index (χ2n) is 5.47. The lowest BCUT2D eigenvalue weighted by atomic mass is 10.1. The normalized spacial score (nSPS) is 20.1. The summed E-state index contributed by atoms with van der Waals surface area (Å²) in [7, 11) is 0. The van der Waals surface area contributed by atoms with E-state index >= 15 is 0 Å². The third-order valence-electron chi connectivity index (χ3n) is 3.47. The first-order chi connectivity index (χ1) is 8.16. The molecule has 1 aromatic rings. The number of rotatable bonds is 3. The quantitative estimate of drug-likeness (QED) is 0.817. The van der Waals surface area contributed by atoms with Gasteiger partial charge in [-0.1, -0.05) is 20.3 Å². The minimum absolute atomic E-state index is 0.145. The predicted octanol–water partition coefficient (Wildman–Crippen LogP) is 2.79. The van der Waals surface area contributed by atoms with Gasteiger partial charge in [-0.3, -0.25) is 0 Å². The van der Waals surface area contributed by atoms with Crippen LogP contribution in [0.5, 0.6) is 0 Å². The van der Waals surface area contributed by atoms with Gasteiger partial charge in [-0.15, -0.1) is 0 Å². The zero-order valence-electron chi connectivity index (χ0n) is 10.9. The van der Waals surface area contributed by atoms with Gasteiger partial charge < -0.3 is 5.73 Å². The van der Waals surface area contributed by atoms with E-state index in [4.69, 9.17) is 10.7 Å². The molecule has 0 saturated carbocycles. The van der Waals surface area contributed by atoms with E-state index in [9.17, 15) is 0 Å². The number of hydrogen-bond donors (Lipinski definition) is 1. The summed E-state index contributed by atoms with van der Waals surface area (Å²) in [6.07, 6.45) is 8.67. The second kappa shape index (κ2) is 5.58. The fourth-order valence-corrected chi connectivity index (χ4v) is 2.33. The first-order valence-corrected chi connectivity index (χ1v) is 6.77. The number of aryl methyl sites for hydroxylation is 2. The van der Waals surface area contributed by atoms with Gasteiger partial charge in [-0.05, 0) is 31.6 Å². The maximum atomic E-state index is 6.14. The van der Waals surface area contributed by atoms with Crippen molar-refractivity contribution >= 4 is 0 Å². The molecule has 0 spiro atoms. The smallest absolute Gasteiger partial charge is 0.128 e. The molecule has 0 fully saturated rings. The van der Waals surface area contributed by atoms with Gasteiger partial charge in [0.1, 0.15) is 5.82 Å². The Morgan fingerprint density at radius 3 is 3.00 bits per heavy atom. The highest BCUT2D eigenvalue weighted by Gasteiger charge is 2.17. The van der Waals surface area contributed by atoms with Crippen molar-refractivity contribution in [2.45, 2.75) is 58.4 Å². The van der Waals surface area contributed by atoms with Crippen LogP contribution in [0.25, 0.3) is 0 Å². The maximum Gasteiger partial charge on any atom is 0.128 e. The van der Waals surface area contributed by atoms with Crippen molar-refractivity contribution in [2.75, 3.05) is 0 Å². The predicted molar refractivity (Wildman–Crippen MR) is 69.7 cm³/mol. The average molecular weight is 233 g/mol. The average Bonchev–Trinajstić information content (AvgIpc) is 2.49. The summed E-state index contributed by atoms with van der Waals surface area (Å²) < 4.78 is 0. The first-order valence-electron chi connectivity index (χ1n) is 6.77. The summed E-state index contributed by atoms with van der Waals surface area (Å²) in [4.78, 5) is 9.17. The number of hydrogen-bond acceptors (Lipinski definition) is 3. The van der Waals surface area contributed by atoms with Crippen molar-refractivity contribution in [1.82, 2.24) is 9.97 Å². The lowest BCUT2D eigenvalue weighted by Gasteiger charge is -2.12. The Morgan fingerprint density at radius 1 is 1.41 bits per heavy atom. The van der Waals surface area contributed by atoms with Crippen LogP contribution in [0.4, 0.5) is 0 Å². The van der Waals surface area contributed by atoms with Gasteiger partial charge in [0.05, 0.1) is 0 Å². The van der Waals surface area contributed by atoms with Crippen LogP contribution in [0, 0.1) is 5.92 Å². The molecular weight excluding hydrogens is 210 g/mol. The van der Waals surface area contributed by atoms with E-state index in [-0.39, 0.29) is 6.04 Å². The molecule has 0 saturated heterocycles. The van der Waals surface area contributed by atoms with Crippen molar-refractivity contribution in [2.24, 2.45) is 11.7 Å². The molecule has 0 radical (unpaired) electrons. The lowest BCUT2D eigenvalue weighted by Crippen LogP contribution is -2.13. The molecule has 1 aromatic heterocycles. The van der Waals surface area contributed by atoms with Gasteiger partial charge in [0.15, 0.2) is 0 Å². The molecule has 0 bridgehead atoms. The highest BCUT2D eigenvalue weighted by Crippen LogP contribution is 2.25. The van der Waals surface area contributed by atoms with Gasteiger partial charge in [-0.25, -0.2) is 9.97 Å². The molecule has 1 aliphatic rings. The molecule has 3 nitrogen and oxygen atoms in total. The molecule has 1 atom stereocenters. The summed E-state index contributed by atoms with van der Waals surface area (Å²) in [6, 6.07) is 0.145. The molecule has 1 aliphatic carbocycles. The second-order valence-corrected chi connectivity index (χ2v) is 5.47. The Balaban J connectivity index is 2.15. The SMILES string of the molecule is CC(C)CCc1ncc2c(n1)CCCCC2N. The van der Waals surface area contributed by atoms with Crippen LogP contribution in [0.15, 0.2) is 6.20 Å². The Labute approximate surface area is 104 Å². The standard InChI is InChI=1S/C14H23N3/c1-10(2)7-8-14-16-9-11-12(15)5-3-4-6-13(11)17-14/h9-10,12H,3-8,15H2,1-2H3. The first kappa shape index (κ1) is 12.5. The summed E-state index contributed by atoms with van der Waals surface area (Å²) >= 11 is 0. The van der Waals surface area contributed by atoms with Gasteiger partial charge >= 0.3 is 0 Å². The van der Waals surface area contributed by atoms with E-state index in [1.165, 1.54) is 24.1 Å². The highest BCUT2D eigenvalue weighted by molar-refractivity contribution is 5.22. The number of nitrogens with two attached hydrogens (primary N) is 1. The molecule has 0 aromatic carbocycles. The third kappa shape index (κ3) is 3.25. The summed E-state index contributed by atoms with van der Waals surface area (Å²) in [5, 5.41) is 0. The Kier molecular flexibility index (Phi) is 4.11. The van der Waals surface area contributed by atoms with Gasteiger partial charge in [0.2, 0.25) is 0 Å². The van der Waals surface area contributed by atoms with Gasteiger partial charge in [0, 0.05) is 29.9 Å². The van der Waals surface area contributed by atoms with Gasteiger partial charge in [-0.2, -0.15) is 0 Å². The van der Waals surface area contributed by atoms with Crippen LogP contribution < -0.4 is 5.73 Å². The van der Waals surface area contributed by atoms with Crippen LogP contribution in [-0.4, -0.2) is 9.97 Å². The minimum Gasteiger partial charge on any atom is -0.324 e. The van der Waals surface area contributed by atoms with Crippen molar-refractivity contribution in [3.63, 3.8) is 0 Å². The molecule has 94 valence electrons. The van der Waals surface area contributed by atoms with Crippen LogP contribution >= 0.6 is 0 Å². The zero-order valence-corrected chi connectivity index (χ0v) is 10.9. The topological polar surface area (TPSA) is 51.8 Å². The van der Waals surface area contributed by atoms with Crippen molar-refractivity contribution < 1.29 is 0 Å². The minimum atomic E-state index is 0.145. The molecule has 0 amide bonds. The Morgan fingerprint density at radius 2 is 2.24 bits per heavy atom. The largest absolute Gasteiger partial charge is 0.324 e. The van der Waals surface area contributed by atoms with Crippen LogP contribution in [0.3, 0.4) is 0 Å². The fraction of sp³-hybridized carbons (Fsp3) is 0.714. The van der Waals surface area contributed by atoms with Crippen LogP contribution in [0.2, 0.25) is 0 Å². The van der Waals surface area contributed by atoms with E-state index in [0.717, 1.165) is 31.5 Å². The highest BCUT2D eigenvalue weighted by atomic mass is 14.9. The molecule has 2 N–H and O–H groups in total. The number of aromatic nitrogens is 2. The fourth-order valence-electron chi connectivity index (χ4n) is 2.33. The molecule has 1 unspecified atom stereocenters. The zero-order chi connectivity index (χ0) is 12.3. The number of nitrogens with zero attached hydrogens (tertiary/aromatic N) is 2.